The zero-order valence-corrected chi connectivity index (χ0v) is 26.7. The molecule has 5 rings (SSSR count). The summed E-state index contributed by atoms with van der Waals surface area (Å²) in [6.07, 6.45) is 7.27. The van der Waals surface area contributed by atoms with Crippen molar-refractivity contribution in [2.45, 2.75) is 45.2 Å². The van der Waals surface area contributed by atoms with Gasteiger partial charge in [-0.1, -0.05) is 12.1 Å². The fraction of sp³-hybridized carbons (Fsp3) is 0.581. The monoisotopic (exact) mass is 607 g/mol. The lowest BCUT2D eigenvalue weighted by atomic mass is 9.84. The minimum atomic E-state index is 0.0897. The molecule has 3 aromatic rings. The number of anilines is 1. The van der Waals surface area contributed by atoms with Gasteiger partial charge >= 0.3 is 0 Å². The van der Waals surface area contributed by atoms with Crippen LogP contribution in [-0.2, 0) is 11.3 Å². The zero-order chi connectivity index (χ0) is 30.3. The normalized spacial score (nSPS) is 19.1. The molecule has 11 nitrogen and oxygen atoms in total. The summed E-state index contributed by atoms with van der Waals surface area (Å²) in [6.45, 7) is 7.93. The Morgan fingerprint density at radius 1 is 1.09 bits per heavy atom. The number of likely N-dealkylation sites (N-methyl/N-ethyl adjacent to an activating group) is 1. The van der Waals surface area contributed by atoms with E-state index in [1.165, 1.54) is 0 Å². The topological polar surface area (TPSA) is 94.9 Å². The van der Waals surface area contributed by atoms with E-state index in [2.05, 4.69) is 60.1 Å². The number of amides is 1. The summed E-state index contributed by atoms with van der Waals surface area (Å²) in [5.41, 5.74) is 1.91. The van der Waals surface area contributed by atoms with E-state index in [1.54, 1.807) is 6.33 Å². The average molecular weight is 608 g/mol. The molecule has 0 bridgehead atoms. The molecule has 1 saturated carbocycles. The molecule has 2 fully saturated rings. The van der Waals surface area contributed by atoms with Crippen LogP contribution in [0.5, 0.6) is 5.75 Å². The summed E-state index contributed by atoms with van der Waals surface area (Å²) in [7, 11) is 6.06. The number of ether oxygens (including phenoxy) is 1. The number of rotatable bonds is 10. The Morgan fingerprint density at radius 3 is 2.56 bits per heavy atom. The van der Waals surface area contributed by atoms with Crippen LogP contribution in [0, 0.1) is 5.92 Å². The SMILES string of the molecule is CCOc1cccc(Cn2ncc3c(N4CCN(C(=O)[C@H]5CC[C@H](N(CCN(C)C)C(=S)NC)CC5)CC4)ncnc32)c1. The van der Waals surface area contributed by atoms with E-state index in [-0.39, 0.29) is 5.92 Å². The van der Waals surface area contributed by atoms with E-state index < -0.39 is 0 Å². The first kappa shape index (κ1) is 30.9. The van der Waals surface area contributed by atoms with Crippen LogP contribution in [0.1, 0.15) is 38.2 Å². The van der Waals surface area contributed by atoms with Crippen molar-refractivity contribution in [3.63, 3.8) is 0 Å². The van der Waals surface area contributed by atoms with E-state index >= 15 is 0 Å². The van der Waals surface area contributed by atoms with Gasteiger partial charge in [-0.3, -0.25) is 4.79 Å². The predicted octanol–water partition coefficient (Wildman–Crippen LogP) is 2.85. The molecule has 43 heavy (non-hydrogen) atoms. The number of hydrogen-bond acceptors (Lipinski definition) is 8. The molecular formula is C31H45N9O2S. The number of piperazine rings is 1. The third kappa shape index (κ3) is 7.35. The van der Waals surface area contributed by atoms with Gasteiger partial charge in [0.2, 0.25) is 5.91 Å². The minimum absolute atomic E-state index is 0.0897. The van der Waals surface area contributed by atoms with Gasteiger partial charge < -0.3 is 29.7 Å². The maximum Gasteiger partial charge on any atom is 0.225 e. The summed E-state index contributed by atoms with van der Waals surface area (Å²) in [6, 6.07) is 8.46. The quantitative estimate of drug-likeness (QED) is 0.347. The van der Waals surface area contributed by atoms with Crippen LogP contribution in [0.15, 0.2) is 36.8 Å². The molecule has 1 aliphatic heterocycles. The van der Waals surface area contributed by atoms with Crippen molar-refractivity contribution in [1.82, 2.24) is 39.8 Å². The van der Waals surface area contributed by atoms with Crippen molar-refractivity contribution in [3.05, 3.63) is 42.4 Å². The summed E-state index contributed by atoms with van der Waals surface area (Å²) in [5, 5.41) is 9.53. The summed E-state index contributed by atoms with van der Waals surface area (Å²) in [4.78, 5) is 31.5. The molecule has 1 aliphatic carbocycles. The highest BCUT2D eigenvalue weighted by molar-refractivity contribution is 7.80. The maximum atomic E-state index is 13.5. The van der Waals surface area contributed by atoms with E-state index in [0.29, 0.717) is 38.2 Å². The van der Waals surface area contributed by atoms with Gasteiger partial charge in [-0.05, 0) is 76.6 Å². The molecule has 3 heterocycles. The number of nitrogens with one attached hydrogen (secondary N) is 1. The first-order valence-electron chi connectivity index (χ1n) is 15.4. The van der Waals surface area contributed by atoms with Gasteiger partial charge in [-0.15, -0.1) is 0 Å². The number of aromatic nitrogens is 4. The van der Waals surface area contributed by atoms with Crippen LogP contribution >= 0.6 is 12.2 Å². The third-order valence-electron chi connectivity index (χ3n) is 8.59. The standard InChI is InChI=1S/C31H45N9O2S/c1-5-42-26-8-6-7-23(19-26)21-40-29-27(20-35-40)28(33-22-34-29)37-14-16-38(17-15-37)30(41)24-9-11-25(12-10-24)39(31(43)32-2)18-13-36(3)4/h6-8,19-20,22,24-25H,5,9-18,21H2,1-4H3,(H,32,43)/t24-,25-. The molecule has 2 aliphatic rings. The molecule has 1 N–H and O–H groups in total. The van der Waals surface area contributed by atoms with Gasteiger partial charge in [0.25, 0.3) is 0 Å². The van der Waals surface area contributed by atoms with Gasteiger partial charge in [0.05, 0.1) is 24.7 Å². The van der Waals surface area contributed by atoms with Crippen molar-refractivity contribution >= 4 is 40.1 Å². The smallest absolute Gasteiger partial charge is 0.225 e. The fourth-order valence-corrected chi connectivity index (χ4v) is 6.49. The first-order valence-corrected chi connectivity index (χ1v) is 15.8. The zero-order valence-electron chi connectivity index (χ0n) is 25.9. The second-order valence-corrected chi connectivity index (χ2v) is 12.1. The van der Waals surface area contributed by atoms with Crippen LogP contribution in [0.2, 0.25) is 0 Å². The van der Waals surface area contributed by atoms with Crippen LogP contribution in [0.3, 0.4) is 0 Å². The van der Waals surface area contributed by atoms with Crippen molar-refractivity contribution in [2.24, 2.45) is 5.92 Å². The van der Waals surface area contributed by atoms with Crippen molar-refractivity contribution in [2.75, 3.05) is 71.9 Å². The van der Waals surface area contributed by atoms with Crippen LogP contribution in [0.25, 0.3) is 11.0 Å². The van der Waals surface area contributed by atoms with Gasteiger partial charge in [-0.25, -0.2) is 14.6 Å². The lowest BCUT2D eigenvalue weighted by Gasteiger charge is -2.41. The number of carbonyl (C=O) groups excluding carboxylic acids is 1. The molecular weight excluding hydrogens is 562 g/mol. The first-order chi connectivity index (χ1) is 20.9. The second kappa shape index (κ2) is 14.3. The summed E-state index contributed by atoms with van der Waals surface area (Å²) >= 11 is 5.62. The number of fused-ring (bicyclic) bond motifs is 1. The second-order valence-electron chi connectivity index (χ2n) is 11.7. The van der Waals surface area contributed by atoms with E-state index in [9.17, 15) is 4.79 Å². The largest absolute Gasteiger partial charge is 0.494 e. The molecule has 2 aromatic heterocycles. The number of benzene rings is 1. The van der Waals surface area contributed by atoms with E-state index in [1.807, 2.05) is 43.0 Å². The fourth-order valence-electron chi connectivity index (χ4n) is 6.25. The number of thiocarbonyl (C=S) groups is 1. The lowest BCUT2D eigenvalue weighted by molar-refractivity contribution is -0.137. The highest BCUT2D eigenvalue weighted by Crippen LogP contribution is 2.30. The van der Waals surface area contributed by atoms with Gasteiger partial charge in [0.1, 0.15) is 17.9 Å². The molecule has 0 atom stereocenters. The minimum Gasteiger partial charge on any atom is -0.494 e. The molecule has 0 unspecified atom stereocenters. The third-order valence-corrected chi connectivity index (χ3v) is 9.03. The predicted molar refractivity (Wildman–Crippen MR) is 173 cm³/mol. The Morgan fingerprint density at radius 2 is 1.86 bits per heavy atom. The van der Waals surface area contributed by atoms with Crippen LogP contribution < -0.4 is 15.0 Å². The molecule has 232 valence electrons. The highest BCUT2D eigenvalue weighted by atomic mass is 32.1. The molecule has 12 heteroatoms. The molecule has 0 radical (unpaired) electrons. The molecule has 0 spiro atoms. The Kier molecular flexibility index (Phi) is 10.3. The van der Waals surface area contributed by atoms with Crippen molar-refractivity contribution < 1.29 is 9.53 Å². The van der Waals surface area contributed by atoms with Gasteiger partial charge in [0.15, 0.2) is 10.8 Å². The lowest BCUT2D eigenvalue weighted by Crippen LogP contribution is -2.52. The molecule has 1 amide bonds. The Labute approximate surface area is 260 Å². The van der Waals surface area contributed by atoms with Gasteiger partial charge in [-0.2, -0.15) is 5.10 Å². The van der Waals surface area contributed by atoms with E-state index in [4.69, 9.17) is 17.0 Å². The number of nitrogens with zero attached hydrogens (tertiary/aromatic N) is 8. The summed E-state index contributed by atoms with van der Waals surface area (Å²) < 4.78 is 7.57. The molecule has 1 aromatic carbocycles. The number of carbonyl (C=O) groups is 1. The maximum absolute atomic E-state index is 13.5. The van der Waals surface area contributed by atoms with Crippen LogP contribution in [-0.4, -0.2) is 119 Å². The van der Waals surface area contributed by atoms with E-state index in [0.717, 1.165) is 85.1 Å². The Bertz CT molecular complexity index is 1380. The molecule has 1 saturated heterocycles. The summed E-state index contributed by atoms with van der Waals surface area (Å²) in [5.74, 6) is 2.12. The Balaban J connectivity index is 1.17. The number of hydrogen-bond donors (Lipinski definition) is 1. The Hall–Kier alpha value is -3.51. The van der Waals surface area contributed by atoms with Crippen molar-refractivity contribution in [3.8, 4) is 5.75 Å². The van der Waals surface area contributed by atoms with Gasteiger partial charge in [0, 0.05) is 58.3 Å². The van der Waals surface area contributed by atoms with Crippen molar-refractivity contribution in [1.29, 1.82) is 0 Å². The average Bonchev–Trinajstić information content (AvgIpc) is 3.44. The van der Waals surface area contributed by atoms with Crippen LogP contribution in [0.4, 0.5) is 5.82 Å². The highest BCUT2D eigenvalue weighted by Gasteiger charge is 2.34.